The van der Waals surface area contributed by atoms with Crippen LogP contribution < -0.4 is 4.74 Å². The van der Waals surface area contributed by atoms with Crippen molar-refractivity contribution < 1.29 is 19.0 Å². The van der Waals surface area contributed by atoms with Gasteiger partial charge in [0.25, 0.3) is 0 Å². The van der Waals surface area contributed by atoms with Crippen LogP contribution in [-0.4, -0.2) is 44.3 Å². The number of fused-ring (bicyclic) bond motifs is 4. The predicted octanol–water partition coefficient (Wildman–Crippen LogP) is 3.95. The summed E-state index contributed by atoms with van der Waals surface area (Å²) in [5.74, 6) is 0.695. The molecule has 0 spiro atoms. The fraction of sp³-hybridized carbons (Fsp3) is 0.333. The van der Waals surface area contributed by atoms with Crippen molar-refractivity contribution in [3.63, 3.8) is 0 Å². The summed E-state index contributed by atoms with van der Waals surface area (Å²) >= 11 is 0. The Morgan fingerprint density at radius 2 is 1.87 bits per heavy atom. The summed E-state index contributed by atoms with van der Waals surface area (Å²) in [6.07, 6.45) is 0. The van der Waals surface area contributed by atoms with E-state index in [1.165, 1.54) is 0 Å². The first-order chi connectivity index (χ1) is 14.5. The van der Waals surface area contributed by atoms with Gasteiger partial charge in [-0.1, -0.05) is 19.9 Å². The highest BCUT2D eigenvalue weighted by Gasteiger charge is 2.39. The number of ether oxygens (including phenoxy) is 3. The zero-order valence-electron chi connectivity index (χ0n) is 17.4. The molecule has 6 nitrogen and oxygen atoms in total. The molecular weight excluding hydrogens is 380 g/mol. The Labute approximate surface area is 175 Å². The molecule has 0 unspecified atom stereocenters. The number of nitriles is 1. The largest absolute Gasteiger partial charge is 0.491 e. The molecule has 0 saturated heterocycles. The molecule has 1 aliphatic rings. The molecular formula is C24H24N2O4. The van der Waals surface area contributed by atoms with Gasteiger partial charge in [0.05, 0.1) is 37.0 Å². The summed E-state index contributed by atoms with van der Waals surface area (Å²) in [6, 6.07) is 13.2. The molecule has 4 rings (SSSR count). The maximum atomic E-state index is 13.3. The topological polar surface area (TPSA) is 84.3 Å². The van der Waals surface area contributed by atoms with Gasteiger partial charge in [-0.15, -0.1) is 0 Å². The standard InChI is InChI=1S/C24H24N2O4/c1-24(2)19-13-16(30-11-10-29-9-8-28-3)5-7-17(19)22(27)21-18-6-4-15(14-25)12-20(18)26-23(21)24/h4-7,12-13,26H,8-11H2,1-3H3. The molecule has 1 heterocycles. The van der Waals surface area contributed by atoms with Crippen molar-refractivity contribution in [2.75, 3.05) is 33.5 Å². The normalized spacial score (nSPS) is 14.3. The van der Waals surface area contributed by atoms with E-state index >= 15 is 0 Å². The first kappa shape index (κ1) is 20.1. The Bertz CT molecular complexity index is 1150. The van der Waals surface area contributed by atoms with Crippen molar-refractivity contribution in [2.24, 2.45) is 0 Å². The van der Waals surface area contributed by atoms with Crippen molar-refractivity contribution in [2.45, 2.75) is 19.3 Å². The van der Waals surface area contributed by atoms with Gasteiger partial charge in [0.2, 0.25) is 0 Å². The lowest BCUT2D eigenvalue weighted by atomic mass is 9.71. The van der Waals surface area contributed by atoms with Crippen molar-refractivity contribution >= 4 is 16.7 Å². The minimum Gasteiger partial charge on any atom is -0.491 e. The van der Waals surface area contributed by atoms with Gasteiger partial charge in [-0.25, -0.2) is 0 Å². The molecule has 30 heavy (non-hydrogen) atoms. The van der Waals surface area contributed by atoms with Gasteiger partial charge in [0.15, 0.2) is 5.78 Å². The minimum absolute atomic E-state index is 0.00951. The van der Waals surface area contributed by atoms with Crippen LogP contribution in [0.3, 0.4) is 0 Å². The Morgan fingerprint density at radius 3 is 2.63 bits per heavy atom. The average molecular weight is 404 g/mol. The van der Waals surface area contributed by atoms with E-state index in [-0.39, 0.29) is 5.78 Å². The van der Waals surface area contributed by atoms with Crippen LogP contribution >= 0.6 is 0 Å². The van der Waals surface area contributed by atoms with Crippen LogP contribution in [0.4, 0.5) is 0 Å². The third kappa shape index (κ3) is 3.36. The van der Waals surface area contributed by atoms with Crippen molar-refractivity contribution in [1.82, 2.24) is 4.98 Å². The van der Waals surface area contributed by atoms with Crippen LogP contribution in [0.15, 0.2) is 36.4 Å². The molecule has 0 radical (unpaired) electrons. The number of benzene rings is 2. The molecule has 0 fully saturated rings. The molecule has 0 amide bonds. The quantitative estimate of drug-likeness (QED) is 0.603. The summed E-state index contributed by atoms with van der Waals surface area (Å²) in [4.78, 5) is 16.7. The summed E-state index contributed by atoms with van der Waals surface area (Å²) < 4.78 is 16.2. The predicted molar refractivity (Wildman–Crippen MR) is 113 cm³/mol. The number of nitrogens with one attached hydrogen (secondary N) is 1. The van der Waals surface area contributed by atoms with E-state index in [2.05, 4.69) is 24.9 Å². The van der Waals surface area contributed by atoms with Gasteiger partial charge in [0.1, 0.15) is 12.4 Å². The third-order valence-electron chi connectivity index (χ3n) is 5.62. The van der Waals surface area contributed by atoms with E-state index in [0.29, 0.717) is 48.9 Å². The summed E-state index contributed by atoms with van der Waals surface area (Å²) in [6.45, 7) is 6.16. The van der Waals surface area contributed by atoms with Gasteiger partial charge < -0.3 is 19.2 Å². The number of ketones is 1. The Hall–Kier alpha value is -3.14. The van der Waals surface area contributed by atoms with Gasteiger partial charge in [-0.3, -0.25) is 4.79 Å². The van der Waals surface area contributed by atoms with Crippen LogP contribution in [0.25, 0.3) is 10.9 Å². The third-order valence-corrected chi connectivity index (χ3v) is 5.62. The highest BCUT2D eigenvalue weighted by atomic mass is 16.5. The van der Waals surface area contributed by atoms with Crippen molar-refractivity contribution in [3.8, 4) is 11.8 Å². The number of aromatic amines is 1. The Morgan fingerprint density at radius 1 is 1.07 bits per heavy atom. The lowest BCUT2D eigenvalue weighted by molar-refractivity contribution is 0.0544. The number of nitrogens with zero attached hydrogens (tertiary/aromatic N) is 1. The van der Waals surface area contributed by atoms with Crippen LogP contribution in [0.2, 0.25) is 0 Å². The van der Waals surface area contributed by atoms with Crippen molar-refractivity contribution in [1.29, 1.82) is 5.26 Å². The van der Waals surface area contributed by atoms with Crippen molar-refractivity contribution in [3.05, 3.63) is 64.3 Å². The zero-order valence-corrected chi connectivity index (χ0v) is 17.4. The maximum absolute atomic E-state index is 13.3. The molecule has 154 valence electrons. The van der Waals surface area contributed by atoms with Crippen LogP contribution in [-0.2, 0) is 14.9 Å². The number of hydrogen-bond donors (Lipinski definition) is 1. The Kier molecular flexibility index (Phi) is 5.33. The molecule has 3 aromatic rings. The maximum Gasteiger partial charge on any atom is 0.195 e. The zero-order chi connectivity index (χ0) is 21.3. The van der Waals surface area contributed by atoms with E-state index in [1.807, 2.05) is 24.3 Å². The number of hydrogen-bond acceptors (Lipinski definition) is 5. The van der Waals surface area contributed by atoms with E-state index in [4.69, 9.17) is 14.2 Å². The summed E-state index contributed by atoms with van der Waals surface area (Å²) in [7, 11) is 1.64. The molecule has 6 heteroatoms. The highest BCUT2D eigenvalue weighted by molar-refractivity contribution is 6.20. The smallest absolute Gasteiger partial charge is 0.195 e. The van der Waals surface area contributed by atoms with Crippen LogP contribution in [0.5, 0.6) is 5.75 Å². The van der Waals surface area contributed by atoms with Gasteiger partial charge >= 0.3 is 0 Å². The second-order valence-corrected chi connectivity index (χ2v) is 7.86. The molecule has 0 bridgehead atoms. The number of carbonyl (C=O) groups excluding carboxylic acids is 1. The van der Waals surface area contributed by atoms with Gasteiger partial charge in [0, 0.05) is 34.7 Å². The number of methoxy groups -OCH3 is 1. The van der Waals surface area contributed by atoms with E-state index < -0.39 is 5.41 Å². The molecule has 2 aromatic carbocycles. The average Bonchev–Trinajstić information content (AvgIpc) is 3.14. The minimum atomic E-state index is -0.418. The first-order valence-corrected chi connectivity index (χ1v) is 9.92. The summed E-state index contributed by atoms with van der Waals surface area (Å²) in [5.41, 5.74) is 4.10. The fourth-order valence-corrected chi connectivity index (χ4v) is 4.03. The Balaban J connectivity index is 1.65. The number of rotatable bonds is 7. The highest BCUT2D eigenvalue weighted by Crippen LogP contribution is 2.44. The number of H-pyrrole nitrogens is 1. The van der Waals surface area contributed by atoms with E-state index in [9.17, 15) is 10.1 Å². The van der Waals surface area contributed by atoms with Gasteiger partial charge in [-0.05, 0) is 35.9 Å². The fourth-order valence-electron chi connectivity index (χ4n) is 4.03. The molecule has 1 N–H and O–H groups in total. The molecule has 0 atom stereocenters. The van der Waals surface area contributed by atoms with Crippen LogP contribution in [0.1, 0.15) is 46.6 Å². The second-order valence-electron chi connectivity index (χ2n) is 7.86. The lowest BCUT2D eigenvalue weighted by Crippen LogP contribution is -2.30. The summed E-state index contributed by atoms with van der Waals surface area (Å²) in [5, 5.41) is 10.0. The molecule has 0 aliphatic heterocycles. The number of carbonyl (C=O) groups is 1. The second kappa shape index (κ2) is 7.94. The number of aromatic nitrogens is 1. The van der Waals surface area contributed by atoms with Gasteiger partial charge in [-0.2, -0.15) is 5.26 Å². The lowest BCUT2D eigenvalue weighted by Gasteiger charge is -2.32. The SMILES string of the molecule is COCCOCCOc1ccc2c(c1)C(C)(C)c1[nH]c3cc(C#N)ccc3c1C2=O. The molecule has 1 aromatic heterocycles. The monoisotopic (exact) mass is 404 g/mol. The first-order valence-electron chi connectivity index (χ1n) is 9.92. The molecule has 1 aliphatic carbocycles. The van der Waals surface area contributed by atoms with E-state index in [0.717, 1.165) is 22.2 Å². The van der Waals surface area contributed by atoms with Crippen LogP contribution in [0, 0.1) is 11.3 Å². The van der Waals surface area contributed by atoms with E-state index in [1.54, 1.807) is 19.2 Å². The molecule has 0 saturated carbocycles.